The highest BCUT2D eigenvalue weighted by Crippen LogP contribution is 2.22. The summed E-state index contributed by atoms with van der Waals surface area (Å²) in [5.41, 5.74) is 1.12. The van der Waals surface area contributed by atoms with Crippen LogP contribution in [-0.4, -0.2) is 11.1 Å². The van der Waals surface area contributed by atoms with E-state index in [4.69, 9.17) is 10.4 Å². The maximum absolute atomic E-state index is 10.5. The summed E-state index contributed by atoms with van der Waals surface area (Å²) < 4.78 is 0. The molecule has 3 nitrogen and oxygen atoms in total. The fourth-order valence-corrected chi connectivity index (χ4v) is 1.71. The van der Waals surface area contributed by atoms with Gasteiger partial charge in [0.2, 0.25) is 0 Å². The zero-order valence-corrected chi connectivity index (χ0v) is 8.92. The van der Waals surface area contributed by atoms with Crippen LogP contribution in [0.1, 0.15) is 11.1 Å². The lowest BCUT2D eigenvalue weighted by molar-refractivity contribution is -0.131. The Balaban J connectivity index is 2.66. The summed E-state index contributed by atoms with van der Waals surface area (Å²) in [4.78, 5) is 10.5. The molecule has 3 heteroatoms. The number of hydrogen-bond donors (Lipinski definition) is 1. The monoisotopic (exact) mass is 223 g/mol. The molecule has 17 heavy (non-hydrogen) atoms. The lowest BCUT2D eigenvalue weighted by Crippen LogP contribution is -1.89. The second-order valence-corrected chi connectivity index (χ2v) is 3.53. The van der Waals surface area contributed by atoms with Gasteiger partial charge in [-0.1, -0.05) is 36.4 Å². The van der Waals surface area contributed by atoms with E-state index < -0.39 is 5.97 Å². The molecule has 2 rings (SSSR count). The van der Waals surface area contributed by atoms with Crippen molar-refractivity contribution in [1.29, 1.82) is 5.26 Å². The van der Waals surface area contributed by atoms with Crippen LogP contribution in [-0.2, 0) is 4.79 Å². The molecule has 0 aliphatic heterocycles. The molecule has 82 valence electrons. The Kier molecular flexibility index (Phi) is 2.89. The van der Waals surface area contributed by atoms with Crippen molar-refractivity contribution in [2.75, 3.05) is 0 Å². The van der Waals surface area contributed by atoms with Crippen molar-refractivity contribution in [3.8, 4) is 6.07 Å². The molecule has 0 saturated heterocycles. The van der Waals surface area contributed by atoms with Crippen molar-refractivity contribution in [2.24, 2.45) is 0 Å². The second-order valence-electron chi connectivity index (χ2n) is 3.53. The largest absolute Gasteiger partial charge is 0.478 e. The molecule has 0 aromatic heterocycles. The molecule has 0 heterocycles. The number of carboxylic acids is 1. The Bertz CT molecular complexity index is 651. The van der Waals surface area contributed by atoms with Crippen LogP contribution in [0.4, 0.5) is 0 Å². The Hall–Kier alpha value is -2.60. The number of benzene rings is 2. The Labute approximate surface area is 98.2 Å². The van der Waals surface area contributed by atoms with Crippen LogP contribution in [0.2, 0.25) is 0 Å². The number of nitriles is 1. The maximum Gasteiger partial charge on any atom is 0.328 e. The van der Waals surface area contributed by atoms with E-state index in [1.165, 1.54) is 6.08 Å². The average Bonchev–Trinajstić information content (AvgIpc) is 2.35. The van der Waals surface area contributed by atoms with Crippen molar-refractivity contribution in [1.82, 2.24) is 0 Å². The Morgan fingerprint density at radius 3 is 2.71 bits per heavy atom. The minimum Gasteiger partial charge on any atom is -0.478 e. The van der Waals surface area contributed by atoms with Crippen LogP contribution in [0.5, 0.6) is 0 Å². The van der Waals surface area contributed by atoms with E-state index in [1.54, 1.807) is 6.07 Å². The number of hydrogen-bond acceptors (Lipinski definition) is 2. The standard InChI is InChI=1S/C14H9NO2/c15-9-13-11(7-8-14(16)17)6-5-10-3-1-2-4-12(10)13/h1-8H,(H,16,17)/b8-7+. The highest BCUT2D eigenvalue weighted by molar-refractivity contribution is 5.93. The predicted molar refractivity (Wildman–Crippen MR) is 65.3 cm³/mol. The molecule has 0 saturated carbocycles. The first-order chi connectivity index (χ1) is 8.22. The van der Waals surface area contributed by atoms with Gasteiger partial charge < -0.3 is 5.11 Å². The molecular weight excluding hydrogens is 214 g/mol. The fraction of sp³-hybridized carbons (Fsp3) is 0. The van der Waals surface area contributed by atoms with E-state index in [9.17, 15) is 4.79 Å². The van der Waals surface area contributed by atoms with Gasteiger partial charge in [-0.25, -0.2) is 4.79 Å². The summed E-state index contributed by atoms with van der Waals surface area (Å²) in [7, 11) is 0. The van der Waals surface area contributed by atoms with Gasteiger partial charge in [-0.05, 0) is 17.0 Å². The summed E-state index contributed by atoms with van der Waals surface area (Å²) in [5.74, 6) is -1.03. The van der Waals surface area contributed by atoms with E-state index in [0.717, 1.165) is 16.8 Å². The third kappa shape index (κ3) is 2.16. The van der Waals surface area contributed by atoms with Gasteiger partial charge in [0.1, 0.15) is 6.07 Å². The molecule has 0 unspecified atom stereocenters. The number of aliphatic carboxylic acids is 1. The zero-order valence-electron chi connectivity index (χ0n) is 8.92. The summed E-state index contributed by atoms with van der Waals surface area (Å²) in [5, 5.41) is 19.5. The zero-order chi connectivity index (χ0) is 12.3. The van der Waals surface area contributed by atoms with Gasteiger partial charge >= 0.3 is 5.97 Å². The average molecular weight is 223 g/mol. The van der Waals surface area contributed by atoms with Gasteiger partial charge in [0.05, 0.1) is 5.56 Å². The normalized spacial score (nSPS) is 10.5. The first kappa shape index (κ1) is 10.9. The van der Waals surface area contributed by atoms with Crippen LogP contribution in [0.3, 0.4) is 0 Å². The van der Waals surface area contributed by atoms with Gasteiger partial charge in [-0.3, -0.25) is 0 Å². The van der Waals surface area contributed by atoms with Crippen molar-refractivity contribution >= 4 is 22.8 Å². The van der Waals surface area contributed by atoms with Crippen molar-refractivity contribution in [3.05, 3.63) is 53.6 Å². The number of carbonyl (C=O) groups is 1. The van der Waals surface area contributed by atoms with Crippen LogP contribution in [0.15, 0.2) is 42.5 Å². The number of rotatable bonds is 2. The molecule has 0 aliphatic carbocycles. The number of nitrogens with zero attached hydrogens (tertiary/aromatic N) is 1. The predicted octanol–water partition coefficient (Wildman–Crippen LogP) is 2.81. The van der Waals surface area contributed by atoms with E-state index in [2.05, 4.69) is 6.07 Å². The maximum atomic E-state index is 10.5. The molecule has 0 fully saturated rings. The molecule has 0 bridgehead atoms. The van der Waals surface area contributed by atoms with E-state index in [-0.39, 0.29) is 0 Å². The molecule has 0 spiro atoms. The molecule has 0 amide bonds. The van der Waals surface area contributed by atoms with Gasteiger partial charge in [-0.15, -0.1) is 0 Å². The van der Waals surface area contributed by atoms with E-state index in [1.807, 2.05) is 30.3 Å². The SMILES string of the molecule is N#Cc1c(/C=C/C(=O)O)ccc2ccccc12. The molecule has 1 N–H and O–H groups in total. The summed E-state index contributed by atoms with van der Waals surface area (Å²) >= 11 is 0. The highest BCUT2D eigenvalue weighted by atomic mass is 16.4. The van der Waals surface area contributed by atoms with Gasteiger partial charge in [0.15, 0.2) is 0 Å². The molecule has 2 aromatic rings. The molecule has 0 aliphatic rings. The third-order valence-electron chi connectivity index (χ3n) is 2.48. The molecule has 0 radical (unpaired) electrons. The van der Waals surface area contributed by atoms with Crippen LogP contribution in [0, 0.1) is 11.3 Å². The topological polar surface area (TPSA) is 61.1 Å². The molecule has 2 aromatic carbocycles. The van der Waals surface area contributed by atoms with E-state index >= 15 is 0 Å². The van der Waals surface area contributed by atoms with E-state index in [0.29, 0.717) is 11.1 Å². The molecular formula is C14H9NO2. The van der Waals surface area contributed by atoms with Crippen LogP contribution >= 0.6 is 0 Å². The van der Waals surface area contributed by atoms with Crippen LogP contribution < -0.4 is 0 Å². The van der Waals surface area contributed by atoms with Crippen molar-refractivity contribution in [2.45, 2.75) is 0 Å². The van der Waals surface area contributed by atoms with Crippen molar-refractivity contribution in [3.63, 3.8) is 0 Å². The highest BCUT2D eigenvalue weighted by Gasteiger charge is 2.04. The van der Waals surface area contributed by atoms with Crippen LogP contribution in [0.25, 0.3) is 16.8 Å². The summed E-state index contributed by atoms with van der Waals surface area (Å²) in [6.45, 7) is 0. The first-order valence-electron chi connectivity index (χ1n) is 5.05. The van der Waals surface area contributed by atoms with Gasteiger partial charge in [0.25, 0.3) is 0 Å². The minimum absolute atomic E-state index is 0.501. The smallest absolute Gasteiger partial charge is 0.328 e. The van der Waals surface area contributed by atoms with Gasteiger partial charge in [-0.2, -0.15) is 5.26 Å². The minimum atomic E-state index is -1.03. The fourth-order valence-electron chi connectivity index (χ4n) is 1.71. The Morgan fingerprint density at radius 2 is 2.00 bits per heavy atom. The summed E-state index contributed by atoms with van der Waals surface area (Å²) in [6, 6.07) is 13.3. The first-order valence-corrected chi connectivity index (χ1v) is 5.05. The quantitative estimate of drug-likeness (QED) is 0.796. The van der Waals surface area contributed by atoms with Gasteiger partial charge in [0, 0.05) is 11.5 Å². The number of fused-ring (bicyclic) bond motifs is 1. The lowest BCUT2D eigenvalue weighted by atomic mass is 9.99. The van der Waals surface area contributed by atoms with Crippen molar-refractivity contribution < 1.29 is 9.90 Å². The Morgan fingerprint density at radius 1 is 1.24 bits per heavy atom. The summed E-state index contributed by atoms with van der Waals surface area (Å²) in [6.07, 6.45) is 2.47. The second kappa shape index (κ2) is 4.50. The molecule has 0 atom stereocenters. The lowest BCUT2D eigenvalue weighted by Gasteiger charge is -2.03. The third-order valence-corrected chi connectivity index (χ3v) is 2.48. The number of carboxylic acid groups (broad SMARTS) is 1.